The van der Waals surface area contributed by atoms with Crippen LogP contribution in [0.2, 0.25) is 0 Å². The lowest BCUT2D eigenvalue weighted by Gasteiger charge is -2.30. The van der Waals surface area contributed by atoms with Gasteiger partial charge in [0.2, 0.25) is 0 Å². The molecule has 0 aromatic heterocycles. The lowest BCUT2D eigenvalue weighted by Crippen LogP contribution is -2.52. The Hall–Kier alpha value is -1.30. The predicted molar refractivity (Wildman–Crippen MR) is 68.3 cm³/mol. The summed E-state index contributed by atoms with van der Waals surface area (Å²) < 4.78 is 0. The zero-order valence-corrected chi connectivity index (χ0v) is 11.7. The van der Waals surface area contributed by atoms with Crippen molar-refractivity contribution in [2.75, 3.05) is 13.1 Å². The summed E-state index contributed by atoms with van der Waals surface area (Å²) >= 11 is 0. The van der Waals surface area contributed by atoms with E-state index in [9.17, 15) is 14.7 Å². The van der Waals surface area contributed by atoms with Crippen molar-refractivity contribution in [3.8, 4) is 0 Å². The second-order valence-electron chi connectivity index (χ2n) is 5.34. The summed E-state index contributed by atoms with van der Waals surface area (Å²) in [5.74, 6) is -1.26. The van der Waals surface area contributed by atoms with E-state index < -0.39 is 23.6 Å². The van der Waals surface area contributed by atoms with E-state index in [-0.39, 0.29) is 12.5 Å². The first-order valence-corrected chi connectivity index (χ1v) is 6.09. The molecule has 106 valence electrons. The molecule has 0 spiro atoms. The molecule has 0 aromatic carbocycles. The van der Waals surface area contributed by atoms with Crippen LogP contribution in [0.5, 0.6) is 0 Å². The Morgan fingerprint density at radius 3 is 2.11 bits per heavy atom. The van der Waals surface area contributed by atoms with Crippen molar-refractivity contribution in [1.82, 2.24) is 10.2 Å². The summed E-state index contributed by atoms with van der Waals surface area (Å²) in [6.07, 6.45) is 0. The number of likely N-dealkylation sites (N-methyl/N-ethyl adjacent to an activating group) is 1. The van der Waals surface area contributed by atoms with E-state index in [4.69, 9.17) is 5.11 Å². The Kier molecular flexibility index (Phi) is 6.11. The number of carboxylic acid groups (broad SMARTS) is 1. The minimum absolute atomic E-state index is 0.153. The first-order chi connectivity index (χ1) is 8.08. The fourth-order valence-electron chi connectivity index (χ4n) is 1.53. The average Bonchev–Trinajstić information content (AvgIpc) is 2.19. The molecule has 0 aliphatic heterocycles. The molecule has 3 N–H and O–H groups in total. The molecule has 6 nitrogen and oxygen atoms in total. The minimum Gasteiger partial charge on any atom is -0.480 e. The number of amides is 2. The Bertz CT molecular complexity index is 297. The van der Waals surface area contributed by atoms with Crippen LogP contribution in [0.4, 0.5) is 4.79 Å². The maximum Gasteiger partial charge on any atom is 0.326 e. The molecule has 1 atom stereocenters. The predicted octanol–water partition coefficient (Wildman–Crippen LogP) is 0.898. The van der Waals surface area contributed by atoms with Crippen LogP contribution < -0.4 is 5.32 Å². The third-order valence-electron chi connectivity index (χ3n) is 2.46. The lowest BCUT2D eigenvalue weighted by atomic mass is 10.1. The summed E-state index contributed by atoms with van der Waals surface area (Å²) in [5, 5.41) is 21.1. The topological polar surface area (TPSA) is 89.9 Å². The van der Waals surface area contributed by atoms with Crippen LogP contribution in [-0.2, 0) is 4.79 Å². The van der Waals surface area contributed by atoms with Crippen molar-refractivity contribution in [3.05, 3.63) is 0 Å². The van der Waals surface area contributed by atoms with E-state index in [1.165, 1.54) is 4.90 Å². The number of rotatable bonds is 6. The summed E-state index contributed by atoms with van der Waals surface area (Å²) in [7, 11) is 0. The Morgan fingerprint density at radius 2 is 1.83 bits per heavy atom. The fraction of sp³-hybridized carbons (Fsp3) is 0.833. The van der Waals surface area contributed by atoms with Gasteiger partial charge < -0.3 is 20.4 Å². The zero-order chi connectivity index (χ0) is 14.5. The second-order valence-corrected chi connectivity index (χ2v) is 5.34. The standard InChI is InChI=1S/C12H24N2O4/c1-6-14(7-12(4,5)18)11(17)13-9(8(2)3)10(15)16/h8-9,18H,6-7H2,1-5H3,(H,13,17)(H,15,16). The largest absolute Gasteiger partial charge is 0.480 e. The molecule has 0 saturated heterocycles. The highest BCUT2D eigenvalue weighted by Crippen LogP contribution is 2.07. The van der Waals surface area contributed by atoms with Gasteiger partial charge in [-0.15, -0.1) is 0 Å². The van der Waals surface area contributed by atoms with Crippen LogP contribution in [0.1, 0.15) is 34.6 Å². The molecule has 1 unspecified atom stereocenters. The van der Waals surface area contributed by atoms with E-state index in [1.807, 2.05) is 0 Å². The van der Waals surface area contributed by atoms with Gasteiger partial charge in [0.1, 0.15) is 6.04 Å². The maximum atomic E-state index is 11.9. The van der Waals surface area contributed by atoms with E-state index >= 15 is 0 Å². The van der Waals surface area contributed by atoms with Gasteiger partial charge in [-0.05, 0) is 26.7 Å². The van der Waals surface area contributed by atoms with Gasteiger partial charge in [0.15, 0.2) is 0 Å². The Labute approximate surface area is 108 Å². The number of hydrogen-bond donors (Lipinski definition) is 3. The average molecular weight is 260 g/mol. The van der Waals surface area contributed by atoms with Gasteiger partial charge >= 0.3 is 12.0 Å². The molecule has 0 rings (SSSR count). The Balaban J connectivity index is 4.65. The Morgan fingerprint density at radius 1 is 1.33 bits per heavy atom. The lowest BCUT2D eigenvalue weighted by molar-refractivity contribution is -0.140. The van der Waals surface area contributed by atoms with Crippen molar-refractivity contribution in [2.45, 2.75) is 46.3 Å². The summed E-state index contributed by atoms with van der Waals surface area (Å²) in [6, 6.07) is -1.39. The molecule has 0 saturated carbocycles. The first-order valence-electron chi connectivity index (χ1n) is 6.09. The van der Waals surface area contributed by atoms with E-state index in [1.54, 1.807) is 34.6 Å². The van der Waals surface area contributed by atoms with Crippen LogP contribution in [0, 0.1) is 5.92 Å². The maximum absolute atomic E-state index is 11.9. The molecule has 0 heterocycles. The second kappa shape index (κ2) is 6.58. The zero-order valence-electron chi connectivity index (χ0n) is 11.7. The molecule has 0 fully saturated rings. The third kappa shape index (κ3) is 5.86. The SMILES string of the molecule is CCN(CC(C)(C)O)C(=O)NC(C(=O)O)C(C)C. The molecule has 18 heavy (non-hydrogen) atoms. The number of carbonyl (C=O) groups excluding carboxylic acids is 1. The number of aliphatic hydroxyl groups is 1. The van der Waals surface area contributed by atoms with Gasteiger partial charge in [0.05, 0.1) is 12.1 Å². The highest BCUT2D eigenvalue weighted by Gasteiger charge is 2.27. The molecular formula is C12H24N2O4. The number of carbonyl (C=O) groups is 2. The highest BCUT2D eigenvalue weighted by molar-refractivity contribution is 5.82. The van der Waals surface area contributed by atoms with Gasteiger partial charge in [-0.2, -0.15) is 0 Å². The van der Waals surface area contributed by atoms with Crippen LogP contribution in [0.25, 0.3) is 0 Å². The molecule has 6 heteroatoms. The number of hydrogen-bond acceptors (Lipinski definition) is 3. The molecule has 0 aromatic rings. The first kappa shape index (κ1) is 16.7. The van der Waals surface area contributed by atoms with Gasteiger partial charge in [-0.3, -0.25) is 0 Å². The van der Waals surface area contributed by atoms with Crippen LogP contribution in [0.15, 0.2) is 0 Å². The quantitative estimate of drug-likeness (QED) is 0.662. The molecule has 2 amide bonds. The van der Waals surface area contributed by atoms with Gasteiger partial charge in [0.25, 0.3) is 0 Å². The summed E-state index contributed by atoms with van der Waals surface area (Å²) in [5.41, 5.74) is -1.01. The minimum atomic E-state index is -1.06. The molecule has 0 bridgehead atoms. The summed E-state index contributed by atoms with van der Waals surface area (Å²) in [4.78, 5) is 24.3. The van der Waals surface area contributed by atoms with Crippen molar-refractivity contribution in [3.63, 3.8) is 0 Å². The molecule has 0 radical (unpaired) electrons. The normalized spacial score (nSPS) is 13.3. The monoisotopic (exact) mass is 260 g/mol. The third-order valence-corrected chi connectivity index (χ3v) is 2.46. The van der Waals surface area contributed by atoms with Crippen LogP contribution in [-0.4, -0.2) is 51.8 Å². The number of aliphatic carboxylic acids is 1. The summed E-state index contributed by atoms with van der Waals surface area (Å²) in [6.45, 7) is 8.98. The van der Waals surface area contributed by atoms with Crippen molar-refractivity contribution in [2.24, 2.45) is 5.92 Å². The van der Waals surface area contributed by atoms with E-state index in [2.05, 4.69) is 5.32 Å². The highest BCUT2D eigenvalue weighted by atomic mass is 16.4. The van der Waals surface area contributed by atoms with Crippen LogP contribution in [0.3, 0.4) is 0 Å². The van der Waals surface area contributed by atoms with Crippen molar-refractivity contribution < 1.29 is 19.8 Å². The van der Waals surface area contributed by atoms with E-state index in [0.29, 0.717) is 6.54 Å². The van der Waals surface area contributed by atoms with Gasteiger partial charge in [0, 0.05) is 6.54 Å². The van der Waals surface area contributed by atoms with Crippen molar-refractivity contribution >= 4 is 12.0 Å². The number of nitrogens with zero attached hydrogens (tertiary/aromatic N) is 1. The van der Waals surface area contributed by atoms with Crippen molar-refractivity contribution in [1.29, 1.82) is 0 Å². The van der Waals surface area contributed by atoms with E-state index in [0.717, 1.165) is 0 Å². The van der Waals surface area contributed by atoms with Gasteiger partial charge in [-0.1, -0.05) is 13.8 Å². The molecule has 0 aliphatic rings. The van der Waals surface area contributed by atoms with Gasteiger partial charge in [-0.25, -0.2) is 9.59 Å². The number of carboxylic acids is 1. The molecule has 0 aliphatic carbocycles. The molecular weight excluding hydrogens is 236 g/mol. The number of urea groups is 1. The number of nitrogens with one attached hydrogen (secondary N) is 1. The smallest absolute Gasteiger partial charge is 0.326 e. The van der Waals surface area contributed by atoms with Crippen LogP contribution >= 0.6 is 0 Å². The fourth-order valence-corrected chi connectivity index (χ4v) is 1.53.